The summed E-state index contributed by atoms with van der Waals surface area (Å²) in [5, 5.41) is 0. The summed E-state index contributed by atoms with van der Waals surface area (Å²) in [4.78, 5) is 13.1. The highest BCUT2D eigenvalue weighted by atomic mass is 32.2. The topological polar surface area (TPSA) is 110 Å². The zero-order valence-electron chi connectivity index (χ0n) is 18.8. The van der Waals surface area contributed by atoms with E-state index in [-0.39, 0.29) is 33.2 Å². The fraction of sp³-hybridized carbons (Fsp3) is 0.160. The first kappa shape index (κ1) is 23.7. The van der Waals surface area contributed by atoms with Gasteiger partial charge in [0, 0.05) is 17.5 Å². The van der Waals surface area contributed by atoms with E-state index in [2.05, 4.69) is 8.80 Å². The SMILES string of the molecule is Cc1cc(C)c(S(=O)(=O)N=C2CC(=NS(=O)(=O)c3ccccc3)C(=O)c3ccccc32)c(C)c1. The predicted octanol–water partition coefficient (Wildman–Crippen LogP) is 4.21. The molecule has 0 saturated carbocycles. The van der Waals surface area contributed by atoms with Crippen molar-refractivity contribution in [2.75, 3.05) is 0 Å². The van der Waals surface area contributed by atoms with Gasteiger partial charge in [-0.15, -0.1) is 0 Å². The Kier molecular flexibility index (Phi) is 6.09. The van der Waals surface area contributed by atoms with Crippen LogP contribution in [0.1, 0.15) is 39.0 Å². The molecule has 0 bridgehead atoms. The van der Waals surface area contributed by atoms with Gasteiger partial charge in [-0.3, -0.25) is 4.79 Å². The summed E-state index contributed by atoms with van der Waals surface area (Å²) in [5.41, 5.74) is 2.32. The molecule has 0 saturated heterocycles. The number of carbonyl (C=O) groups is 1. The van der Waals surface area contributed by atoms with Gasteiger partial charge in [-0.2, -0.15) is 25.6 Å². The molecule has 0 N–H and O–H groups in total. The minimum atomic E-state index is -4.17. The monoisotopic (exact) mass is 494 g/mol. The average molecular weight is 495 g/mol. The maximum atomic E-state index is 13.3. The Morgan fingerprint density at radius 1 is 0.676 bits per heavy atom. The van der Waals surface area contributed by atoms with Gasteiger partial charge in [-0.25, -0.2) is 0 Å². The summed E-state index contributed by atoms with van der Waals surface area (Å²) >= 11 is 0. The van der Waals surface area contributed by atoms with E-state index < -0.39 is 25.8 Å². The molecular weight excluding hydrogens is 472 g/mol. The molecule has 0 unspecified atom stereocenters. The number of benzene rings is 3. The van der Waals surface area contributed by atoms with Gasteiger partial charge >= 0.3 is 0 Å². The van der Waals surface area contributed by atoms with Gasteiger partial charge in [0.15, 0.2) is 0 Å². The van der Waals surface area contributed by atoms with Crippen LogP contribution in [0.15, 0.2) is 85.3 Å². The highest BCUT2D eigenvalue weighted by Crippen LogP contribution is 2.28. The van der Waals surface area contributed by atoms with Crippen LogP contribution >= 0.6 is 0 Å². The number of fused-ring (bicyclic) bond motifs is 1. The van der Waals surface area contributed by atoms with E-state index in [4.69, 9.17) is 0 Å². The van der Waals surface area contributed by atoms with Crippen molar-refractivity contribution in [1.82, 2.24) is 0 Å². The van der Waals surface area contributed by atoms with Crippen LogP contribution in [0.3, 0.4) is 0 Å². The van der Waals surface area contributed by atoms with Crippen LogP contribution in [0.5, 0.6) is 0 Å². The lowest BCUT2D eigenvalue weighted by Crippen LogP contribution is -2.29. The fourth-order valence-corrected chi connectivity index (χ4v) is 6.65. The summed E-state index contributed by atoms with van der Waals surface area (Å²) in [5.74, 6) is -0.575. The number of carbonyl (C=O) groups excluding carboxylic acids is 1. The molecule has 0 aliphatic heterocycles. The molecule has 0 amide bonds. The number of nitrogens with zero attached hydrogens (tertiary/aromatic N) is 2. The second kappa shape index (κ2) is 8.73. The van der Waals surface area contributed by atoms with Crippen molar-refractivity contribution in [3.8, 4) is 0 Å². The van der Waals surface area contributed by atoms with Gasteiger partial charge in [-0.1, -0.05) is 60.2 Å². The summed E-state index contributed by atoms with van der Waals surface area (Å²) in [6.45, 7) is 5.27. The van der Waals surface area contributed by atoms with Gasteiger partial charge in [0.05, 0.1) is 15.5 Å². The van der Waals surface area contributed by atoms with Crippen molar-refractivity contribution in [2.24, 2.45) is 8.80 Å². The molecule has 9 heteroatoms. The van der Waals surface area contributed by atoms with Gasteiger partial charge in [0.1, 0.15) is 5.71 Å². The van der Waals surface area contributed by atoms with Crippen molar-refractivity contribution >= 4 is 37.3 Å². The largest absolute Gasteiger partial charge is 0.287 e. The maximum absolute atomic E-state index is 13.3. The Bertz CT molecular complexity index is 1560. The first-order valence-corrected chi connectivity index (χ1v) is 13.3. The van der Waals surface area contributed by atoms with E-state index >= 15 is 0 Å². The molecule has 34 heavy (non-hydrogen) atoms. The van der Waals surface area contributed by atoms with Gasteiger partial charge in [0.2, 0.25) is 5.78 Å². The maximum Gasteiger partial charge on any atom is 0.283 e. The molecule has 1 aliphatic carbocycles. The van der Waals surface area contributed by atoms with Gasteiger partial charge < -0.3 is 0 Å². The molecule has 7 nitrogen and oxygen atoms in total. The molecule has 0 atom stereocenters. The minimum absolute atomic E-state index is 0.0637. The number of Topliss-reactive ketones (excluding diaryl/α,β-unsaturated/α-hetero) is 1. The van der Waals surface area contributed by atoms with Crippen LogP contribution in [-0.2, 0) is 20.0 Å². The quantitative estimate of drug-likeness (QED) is 0.540. The van der Waals surface area contributed by atoms with Crippen LogP contribution in [0, 0.1) is 20.8 Å². The molecule has 0 spiro atoms. The standard InChI is InChI=1S/C25H22N2O5S2/c1-16-13-17(2)25(18(3)14-16)34(31,32)26-22-15-23(24(28)21-12-8-7-11-20(21)22)27-33(29,30)19-9-5-4-6-10-19/h4-14H,15H2,1-3H3. The van der Waals surface area contributed by atoms with E-state index in [1.807, 2.05) is 6.92 Å². The molecule has 0 fully saturated rings. The third kappa shape index (κ3) is 4.49. The normalized spacial score (nSPS) is 16.6. The Labute approximate surface area is 199 Å². The zero-order chi connectivity index (χ0) is 24.7. The van der Waals surface area contributed by atoms with Crippen molar-refractivity contribution in [2.45, 2.75) is 37.0 Å². The van der Waals surface area contributed by atoms with Gasteiger partial charge in [0.25, 0.3) is 20.0 Å². The summed E-state index contributed by atoms with van der Waals surface area (Å²) in [7, 11) is -8.32. The van der Waals surface area contributed by atoms with E-state index in [1.54, 1.807) is 62.4 Å². The second-order valence-corrected chi connectivity index (χ2v) is 11.3. The van der Waals surface area contributed by atoms with Crippen LogP contribution < -0.4 is 0 Å². The molecular formula is C25H22N2O5S2. The lowest BCUT2D eigenvalue weighted by molar-refractivity contribution is 0.106. The van der Waals surface area contributed by atoms with E-state index in [9.17, 15) is 21.6 Å². The van der Waals surface area contributed by atoms with E-state index in [1.165, 1.54) is 18.2 Å². The smallest absolute Gasteiger partial charge is 0.283 e. The number of sulfonamides is 2. The van der Waals surface area contributed by atoms with Crippen LogP contribution in [0.25, 0.3) is 0 Å². The van der Waals surface area contributed by atoms with Crippen LogP contribution in [0.2, 0.25) is 0 Å². The summed E-state index contributed by atoms with van der Waals surface area (Å²) in [6.07, 6.45) is -0.328. The first-order chi connectivity index (χ1) is 16.0. The molecule has 3 aromatic carbocycles. The number of hydrogen-bond acceptors (Lipinski definition) is 5. The summed E-state index contributed by atoms with van der Waals surface area (Å²) in [6, 6.07) is 17.4. The Balaban J connectivity index is 1.88. The number of hydrogen-bond donors (Lipinski definition) is 0. The van der Waals surface area contributed by atoms with Crippen molar-refractivity contribution in [3.05, 3.63) is 94.5 Å². The third-order valence-corrected chi connectivity index (χ3v) is 8.39. The highest BCUT2D eigenvalue weighted by Gasteiger charge is 2.31. The van der Waals surface area contributed by atoms with E-state index in [0.717, 1.165) is 5.56 Å². The van der Waals surface area contributed by atoms with E-state index in [0.29, 0.717) is 16.7 Å². The predicted molar refractivity (Wildman–Crippen MR) is 131 cm³/mol. The highest BCUT2D eigenvalue weighted by molar-refractivity contribution is 7.90. The van der Waals surface area contributed by atoms with Crippen molar-refractivity contribution in [1.29, 1.82) is 0 Å². The Morgan fingerprint density at radius 2 is 1.21 bits per heavy atom. The summed E-state index contributed by atoms with van der Waals surface area (Å²) < 4.78 is 60.1. The molecule has 174 valence electrons. The first-order valence-electron chi connectivity index (χ1n) is 10.4. The second-order valence-electron chi connectivity index (χ2n) is 8.12. The molecule has 3 aromatic rings. The molecule has 4 rings (SSSR count). The zero-order valence-corrected chi connectivity index (χ0v) is 20.4. The van der Waals surface area contributed by atoms with Crippen LogP contribution in [-0.4, -0.2) is 34.0 Å². The Hall–Kier alpha value is -3.43. The minimum Gasteiger partial charge on any atom is -0.287 e. The third-order valence-electron chi connectivity index (χ3n) is 5.44. The molecule has 0 aromatic heterocycles. The number of rotatable bonds is 4. The van der Waals surface area contributed by atoms with Crippen molar-refractivity contribution < 1.29 is 21.6 Å². The van der Waals surface area contributed by atoms with Crippen LogP contribution in [0.4, 0.5) is 0 Å². The number of aryl methyl sites for hydroxylation is 3. The lowest BCUT2D eigenvalue weighted by Gasteiger charge is -2.19. The average Bonchev–Trinajstić information content (AvgIpc) is 2.76. The molecule has 0 heterocycles. The van der Waals surface area contributed by atoms with Gasteiger partial charge in [-0.05, 0) is 44.0 Å². The Morgan fingerprint density at radius 3 is 1.82 bits per heavy atom. The number of ketones is 1. The molecule has 0 radical (unpaired) electrons. The molecule has 1 aliphatic rings. The van der Waals surface area contributed by atoms with Crippen molar-refractivity contribution in [3.63, 3.8) is 0 Å². The fourth-order valence-electron chi connectivity index (χ4n) is 4.13. The lowest BCUT2D eigenvalue weighted by atomic mass is 9.88.